The number of carbonyl (C=O) groups is 4. The second-order valence-electron chi connectivity index (χ2n) is 5.59. The maximum absolute atomic E-state index is 13.3. The maximum atomic E-state index is 13.3. The van der Waals surface area contributed by atoms with Gasteiger partial charge in [-0.15, -0.1) is 11.3 Å². The SMILES string of the molecule is O=C(O)Cc1csc(NC(=O)CN2C(=O)S/C(=C\c3cccc(F)c3)C2=O)n1. The zero-order valence-electron chi connectivity index (χ0n) is 14.0. The summed E-state index contributed by atoms with van der Waals surface area (Å²) in [5.74, 6) is -2.82. The van der Waals surface area contributed by atoms with E-state index in [2.05, 4.69) is 10.3 Å². The Bertz CT molecular complexity index is 1000. The van der Waals surface area contributed by atoms with Gasteiger partial charge in [0.1, 0.15) is 12.4 Å². The monoisotopic (exact) mass is 421 g/mol. The van der Waals surface area contributed by atoms with Gasteiger partial charge in [-0.25, -0.2) is 9.37 Å². The van der Waals surface area contributed by atoms with E-state index in [1.54, 1.807) is 6.07 Å². The van der Waals surface area contributed by atoms with Crippen molar-refractivity contribution in [3.05, 3.63) is 51.6 Å². The molecule has 1 saturated heterocycles. The first-order valence-corrected chi connectivity index (χ1v) is 9.48. The van der Waals surface area contributed by atoms with E-state index < -0.39 is 35.4 Å². The summed E-state index contributed by atoms with van der Waals surface area (Å²) in [5.41, 5.74) is 0.709. The van der Waals surface area contributed by atoms with Gasteiger partial charge >= 0.3 is 5.97 Å². The fourth-order valence-electron chi connectivity index (χ4n) is 2.29. The van der Waals surface area contributed by atoms with Crippen molar-refractivity contribution in [2.75, 3.05) is 11.9 Å². The molecule has 0 aliphatic carbocycles. The summed E-state index contributed by atoms with van der Waals surface area (Å²) in [6, 6.07) is 5.54. The first-order valence-electron chi connectivity index (χ1n) is 7.79. The Hall–Kier alpha value is -3.05. The van der Waals surface area contributed by atoms with E-state index in [1.807, 2.05) is 0 Å². The molecule has 0 saturated carbocycles. The molecule has 3 rings (SSSR count). The summed E-state index contributed by atoms with van der Waals surface area (Å²) in [4.78, 5) is 52.0. The summed E-state index contributed by atoms with van der Waals surface area (Å²) in [6.45, 7) is -0.515. The molecular weight excluding hydrogens is 409 g/mol. The summed E-state index contributed by atoms with van der Waals surface area (Å²) in [5, 5.41) is 12.2. The minimum absolute atomic E-state index is 0.0846. The van der Waals surface area contributed by atoms with Crippen molar-refractivity contribution in [2.45, 2.75) is 6.42 Å². The number of aromatic nitrogens is 1. The summed E-state index contributed by atoms with van der Waals surface area (Å²) in [6.07, 6.45) is 1.10. The molecular formula is C17H12FN3O5S2. The van der Waals surface area contributed by atoms with E-state index in [9.17, 15) is 23.6 Å². The molecule has 2 aromatic rings. The van der Waals surface area contributed by atoms with Gasteiger partial charge in [0.05, 0.1) is 17.0 Å². The van der Waals surface area contributed by atoms with Crippen LogP contribution in [0.3, 0.4) is 0 Å². The van der Waals surface area contributed by atoms with Gasteiger partial charge in [0.25, 0.3) is 11.1 Å². The molecule has 0 spiro atoms. The third kappa shape index (κ3) is 4.81. The summed E-state index contributed by atoms with van der Waals surface area (Å²) in [7, 11) is 0. The van der Waals surface area contributed by atoms with Gasteiger partial charge in [0.2, 0.25) is 5.91 Å². The molecule has 1 aromatic heterocycles. The summed E-state index contributed by atoms with van der Waals surface area (Å²) < 4.78 is 13.3. The van der Waals surface area contributed by atoms with Crippen molar-refractivity contribution in [2.24, 2.45) is 0 Å². The number of benzene rings is 1. The van der Waals surface area contributed by atoms with E-state index in [0.29, 0.717) is 17.3 Å². The van der Waals surface area contributed by atoms with Crippen LogP contribution < -0.4 is 5.32 Å². The zero-order valence-corrected chi connectivity index (χ0v) is 15.7. The van der Waals surface area contributed by atoms with Crippen LogP contribution in [0.15, 0.2) is 34.6 Å². The maximum Gasteiger partial charge on any atom is 0.309 e. The lowest BCUT2D eigenvalue weighted by molar-refractivity contribution is -0.136. The highest BCUT2D eigenvalue weighted by Gasteiger charge is 2.36. The molecule has 28 heavy (non-hydrogen) atoms. The third-order valence-electron chi connectivity index (χ3n) is 3.45. The van der Waals surface area contributed by atoms with E-state index in [0.717, 1.165) is 16.2 Å². The number of carbonyl (C=O) groups excluding carboxylic acids is 3. The minimum Gasteiger partial charge on any atom is -0.481 e. The van der Waals surface area contributed by atoms with Crippen LogP contribution in [0.1, 0.15) is 11.3 Å². The van der Waals surface area contributed by atoms with Gasteiger partial charge in [-0.05, 0) is 35.5 Å². The number of nitrogens with zero attached hydrogens (tertiary/aromatic N) is 2. The lowest BCUT2D eigenvalue weighted by Gasteiger charge is -2.11. The van der Waals surface area contributed by atoms with Gasteiger partial charge in [0.15, 0.2) is 5.13 Å². The number of thiazole rings is 1. The molecule has 1 aliphatic rings. The number of thioether (sulfide) groups is 1. The number of rotatable bonds is 6. The highest BCUT2D eigenvalue weighted by Crippen LogP contribution is 2.32. The Labute approximate surface area is 166 Å². The molecule has 1 aliphatic heterocycles. The second kappa shape index (κ2) is 8.31. The van der Waals surface area contributed by atoms with Crippen molar-refractivity contribution in [3.63, 3.8) is 0 Å². The largest absolute Gasteiger partial charge is 0.481 e. The van der Waals surface area contributed by atoms with Crippen molar-refractivity contribution >= 4 is 57.3 Å². The average molecular weight is 421 g/mol. The molecule has 2 heterocycles. The molecule has 144 valence electrons. The highest BCUT2D eigenvalue weighted by molar-refractivity contribution is 8.18. The molecule has 0 unspecified atom stereocenters. The standard InChI is InChI=1S/C17H12FN3O5S2/c18-10-3-1-2-9(4-10)5-12-15(25)21(17(26)28-12)7-13(22)20-16-19-11(8-27-16)6-14(23)24/h1-5,8H,6-7H2,(H,23,24)(H,19,20,22)/b12-5-. The Morgan fingerprint density at radius 3 is 2.82 bits per heavy atom. The van der Waals surface area contributed by atoms with Crippen LogP contribution in [0.4, 0.5) is 14.3 Å². The predicted octanol–water partition coefficient (Wildman–Crippen LogP) is 2.58. The lowest BCUT2D eigenvalue weighted by Crippen LogP contribution is -2.36. The van der Waals surface area contributed by atoms with E-state index in [4.69, 9.17) is 5.11 Å². The van der Waals surface area contributed by atoms with Crippen LogP contribution in [-0.4, -0.2) is 44.6 Å². The fraction of sp³-hybridized carbons (Fsp3) is 0.118. The zero-order chi connectivity index (χ0) is 20.3. The predicted molar refractivity (Wildman–Crippen MR) is 101 cm³/mol. The van der Waals surface area contributed by atoms with Crippen molar-refractivity contribution in [1.29, 1.82) is 0 Å². The van der Waals surface area contributed by atoms with E-state index in [1.165, 1.54) is 29.7 Å². The van der Waals surface area contributed by atoms with Gasteiger partial charge in [-0.3, -0.25) is 24.1 Å². The molecule has 8 nitrogen and oxygen atoms in total. The number of hydrogen-bond acceptors (Lipinski definition) is 7. The first-order chi connectivity index (χ1) is 13.3. The van der Waals surface area contributed by atoms with Crippen LogP contribution in [0.5, 0.6) is 0 Å². The molecule has 0 bridgehead atoms. The van der Waals surface area contributed by atoms with E-state index in [-0.39, 0.29) is 22.2 Å². The fourth-order valence-corrected chi connectivity index (χ4v) is 3.85. The molecule has 1 fully saturated rings. The third-order valence-corrected chi connectivity index (χ3v) is 5.17. The van der Waals surface area contributed by atoms with Gasteiger partial charge < -0.3 is 10.4 Å². The number of carboxylic acid groups (broad SMARTS) is 1. The topological polar surface area (TPSA) is 117 Å². The number of carboxylic acids is 1. The number of amides is 3. The molecule has 0 radical (unpaired) electrons. The summed E-state index contributed by atoms with van der Waals surface area (Å²) >= 11 is 1.70. The Kier molecular flexibility index (Phi) is 5.85. The first kappa shape index (κ1) is 19.7. The van der Waals surface area contributed by atoms with Gasteiger partial charge in [-0.1, -0.05) is 12.1 Å². The van der Waals surface area contributed by atoms with E-state index >= 15 is 0 Å². The van der Waals surface area contributed by atoms with Crippen LogP contribution in [-0.2, 0) is 20.8 Å². The lowest BCUT2D eigenvalue weighted by atomic mass is 10.2. The van der Waals surface area contributed by atoms with Gasteiger partial charge in [-0.2, -0.15) is 0 Å². The number of anilines is 1. The molecule has 0 atom stereocenters. The van der Waals surface area contributed by atoms with Crippen molar-refractivity contribution in [1.82, 2.24) is 9.88 Å². The van der Waals surface area contributed by atoms with Crippen molar-refractivity contribution in [3.8, 4) is 0 Å². The number of hydrogen-bond donors (Lipinski definition) is 2. The quantitative estimate of drug-likeness (QED) is 0.689. The van der Waals surface area contributed by atoms with Crippen LogP contribution >= 0.6 is 23.1 Å². The smallest absolute Gasteiger partial charge is 0.309 e. The Morgan fingerprint density at radius 1 is 1.32 bits per heavy atom. The molecule has 2 N–H and O–H groups in total. The van der Waals surface area contributed by atoms with Gasteiger partial charge in [0, 0.05) is 5.38 Å². The number of halogens is 1. The average Bonchev–Trinajstić information content (AvgIpc) is 3.14. The molecule has 1 aromatic carbocycles. The highest BCUT2D eigenvalue weighted by atomic mass is 32.2. The number of aliphatic carboxylic acids is 1. The van der Waals surface area contributed by atoms with Crippen molar-refractivity contribution < 1.29 is 28.7 Å². The normalized spacial score (nSPS) is 15.3. The number of imide groups is 1. The van der Waals surface area contributed by atoms with Crippen LogP contribution in [0.25, 0.3) is 6.08 Å². The molecule has 11 heteroatoms. The minimum atomic E-state index is -1.05. The Balaban J connectivity index is 1.64. The number of nitrogens with one attached hydrogen (secondary N) is 1. The second-order valence-corrected chi connectivity index (χ2v) is 7.44. The van der Waals surface area contributed by atoms with Crippen LogP contribution in [0, 0.1) is 5.82 Å². The van der Waals surface area contributed by atoms with Crippen LogP contribution in [0.2, 0.25) is 0 Å². The molecule has 3 amide bonds. The Morgan fingerprint density at radius 2 is 2.11 bits per heavy atom.